The normalized spacial score (nSPS) is 22.9. The summed E-state index contributed by atoms with van der Waals surface area (Å²) < 4.78 is 4.73. The van der Waals surface area contributed by atoms with Gasteiger partial charge in [0.05, 0.1) is 5.41 Å². The molecule has 0 bridgehead atoms. The van der Waals surface area contributed by atoms with Crippen LogP contribution in [0.25, 0.3) is 0 Å². The summed E-state index contributed by atoms with van der Waals surface area (Å²) in [5.41, 5.74) is -0.572. The first-order valence-electron chi connectivity index (χ1n) is 5.68. The molecule has 7 nitrogen and oxygen atoms in total. The summed E-state index contributed by atoms with van der Waals surface area (Å²) in [5.74, 6) is -1.49. The molecule has 2 amide bonds. The highest BCUT2D eigenvalue weighted by molar-refractivity contribution is 5.85. The van der Waals surface area contributed by atoms with E-state index in [0.29, 0.717) is 19.5 Å². The lowest BCUT2D eigenvalue weighted by atomic mass is 9.89. The summed E-state index contributed by atoms with van der Waals surface area (Å²) in [6.07, 6.45) is 0.595. The van der Waals surface area contributed by atoms with Crippen LogP contribution in [-0.4, -0.2) is 61.1 Å². The molecule has 1 aliphatic rings. The quantitative estimate of drug-likeness (QED) is 0.664. The Balaban J connectivity index is 2.44. The summed E-state index contributed by atoms with van der Waals surface area (Å²) in [7, 11) is 1.56. The smallest absolute Gasteiger partial charge is 0.329 e. The van der Waals surface area contributed by atoms with Crippen molar-refractivity contribution in [1.82, 2.24) is 10.2 Å². The molecule has 1 heterocycles. The van der Waals surface area contributed by atoms with Crippen molar-refractivity contribution in [2.75, 3.05) is 33.4 Å². The SMILES string of the molecule is CNC(=O)C1(C)CCN(C(=O)COCC(=O)O)C1. The van der Waals surface area contributed by atoms with Crippen LogP contribution < -0.4 is 5.32 Å². The molecule has 0 saturated carbocycles. The minimum Gasteiger partial charge on any atom is -0.480 e. The molecule has 18 heavy (non-hydrogen) atoms. The Kier molecular flexibility index (Phi) is 4.66. The fourth-order valence-electron chi connectivity index (χ4n) is 1.98. The fraction of sp³-hybridized carbons (Fsp3) is 0.727. The first-order valence-corrected chi connectivity index (χ1v) is 5.68. The lowest BCUT2D eigenvalue weighted by Crippen LogP contribution is -2.41. The number of likely N-dealkylation sites (tertiary alicyclic amines) is 1. The van der Waals surface area contributed by atoms with Crippen LogP contribution in [0.15, 0.2) is 0 Å². The Bertz CT molecular complexity index is 357. The van der Waals surface area contributed by atoms with Crippen LogP contribution in [0.3, 0.4) is 0 Å². The van der Waals surface area contributed by atoms with Gasteiger partial charge in [-0.3, -0.25) is 9.59 Å². The Labute approximate surface area is 105 Å². The number of amides is 2. The summed E-state index contributed by atoms with van der Waals surface area (Å²) in [5, 5.41) is 11.0. The summed E-state index contributed by atoms with van der Waals surface area (Å²) >= 11 is 0. The molecule has 0 aliphatic carbocycles. The van der Waals surface area contributed by atoms with E-state index in [1.54, 1.807) is 14.0 Å². The molecule has 0 radical (unpaired) electrons. The van der Waals surface area contributed by atoms with Crippen molar-refractivity contribution in [2.24, 2.45) is 5.41 Å². The molecule has 1 rings (SSSR count). The molecule has 1 atom stereocenters. The lowest BCUT2D eigenvalue weighted by Gasteiger charge is -2.22. The third-order valence-corrected chi connectivity index (χ3v) is 3.05. The second-order valence-electron chi connectivity index (χ2n) is 4.59. The molecular weight excluding hydrogens is 240 g/mol. The molecular formula is C11H18N2O5. The van der Waals surface area contributed by atoms with Gasteiger partial charge in [0.1, 0.15) is 13.2 Å². The minimum absolute atomic E-state index is 0.0933. The van der Waals surface area contributed by atoms with Crippen LogP contribution in [0.4, 0.5) is 0 Å². The minimum atomic E-state index is -1.11. The van der Waals surface area contributed by atoms with Gasteiger partial charge in [0.15, 0.2) is 0 Å². The van der Waals surface area contributed by atoms with Crippen molar-refractivity contribution in [3.8, 4) is 0 Å². The second kappa shape index (κ2) is 5.81. The molecule has 0 aromatic rings. The maximum Gasteiger partial charge on any atom is 0.329 e. The van der Waals surface area contributed by atoms with Gasteiger partial charge in [-0.1, -0.05) is 0 Å². The van der Waals surface area contributed by atoms with Gasteiger partial charge >= 0.3 is 5.97 Å². The number of nitrogens with one attached hydrogen (secondary N) is 1. The number of ether oxygens (including phenoxy) is 1. The number of aliphatic carboxylic acids is 1. The highest BCUT2D eigenvalue weighted by atomic mass is 16.5. The highest BCUT2D eigenvalue weighted by Gasteiger charge is 2.41. The monoisotopic (exact) mass is 258 g/mol. The average Bonchev–Trinajstić information content (AvgIpc) is 2.71. The standard InChI is InChI=1S/C11H18N2O5/c1-11(10(17)12-2)3-4-13(7-11)8(14)5-18-6-9(15)16/h3-7H2,1-2H3,(H,12,17)(H,15,16). The third kappa shape index (κ3) is 3.43. The molecule has 1 saturated heterocycles. The van der Waals surface area contributed by atoms with E-state index in [1.807, 2.05) is 0 Å². The maximum atomic E-state index is 11.7. The molecule has 102 valence electrons. The third-order valence-electron chi connectivity index (χ3n) is 3.05. The van der Waals surface area contributed by atoms with Crippen LogP contribution in [0.5, 0.6) is 0 Å². The molecule has 1 unspecified atom stereocenters. The zero-order valence-electron chi connectivity index (χ0n) is 10.6. The zero-order chi connectivity index (χ0) is 13.8. The Morgan fingerprint density at radius 1 is 1.39 bits per heavy atom. The summed E-state index contributed by atoms with van der Waals surface area (Å²) in [4.78, 5) is 35.1. The van der Waals surface area contributed by atoms with Crippen LogP contribution >= 0.6 is 0 Å². The van der Waals surface area contributed by atoms with Crippen molar-refractivity contribution in [3.05, 3.63) is 0 Å². The van der Waals surface area contributed by atoms with Gasteiger partial charge in [-0.2, -0.15) is 0 Å². The average molecular weight is 258 g/mol. The molecule has 1 aliphatic heterocycles. The fourth-order valence-corrected chi connectivity index (χ4v) is 1.98. The van der Waals surface area contributed by atoms with Crippen LogP contribution in [0.1, 0.15) is 13.3 Å². The van der Waals surface area contributed by atoms with Crippen LogP contribution in [-0.2, 0) is 19.1 Å². The van der Waals surface area contributed by atoms with E-state index in [-0.39, 0.29) is 18.4 Å². The van der Waals surface area contributed by atoms with Gasteiger partial charge in [-0.05, 0) is 13.3 Å². The van der Waals surface area contributed by atoms with Gasteiger partial charge in [0, 0.05) is 20.1 Å². The van der Waals surface area contributed by atoms with Gasteiger partial charge in [0.2, 0.25) is 11.8 Å². The molecule has 0 aromatic carbocycles. The van der Waals surface area contributed by atoms with E-state index in [9.17, 15) is 14.4 Å². The van der Waals surface area contributed by atoms with E-state index in [2.05, 4.69) is 5.32 Å². The molecule has 7 heteroatoms. The predicted octanol–water partition coefficient (Wildman–Crippen LogP) is -0.928. The molecule has 0 spiro atoms. The highest BCUT2D eigenvalue weighted by Crippen LogP contribution is 2.29. The first kappa shape index (κ1) is 14.4. The van der Waals surface area contributed by atoms with Crippen molar-refractivity contribution in [2.45, 2.75) is 13.3 Å². The molecule has 0 aromatic heterocycles. The van der Waals surface area contributed by atoms with E-state index in [1.165, 1.54) is 4.90 Å². The number of nitrogens with zero attached hydrogens (tertiary/aromatic N) is 1. The molecule has 2 N–H and O–H groups in total. The Hall–Kier alpha value is -1.63. The lowest BCUT2D eigenvalue weighted by molar-refractivity contribution is -0.145. The van der Waals surface area contributed by atoms with Crippen molar-refractivity contribution >= 4 is 17.8 Å². The number of carbonyl (C=O) groups is 3. The zero-order valence-corrected chi connectivity index (χ0v) is 10.6. The summed E-state index contributed by atoms with van der Waals surface area (Å²) in [6.45, 7) is 1.86. The van der Waals surface area contributed by atoms with Crippen LogP contribution in [0, 0.1) is 5.41 Å². The van der Waals surface area contributed by atoms with Gasteiger partial charge < -0.3 is 20.1 Å². The van der Waals surface area contributed by atoms with Gasteiger partial charge in [-0.15, -0.1) is 0 Å². The number of carboxylic acids is 1. The largest absolute Gasteiger partial charge is 0.480 e. The number of hydrogen-bond donors (Lipinski definition) is 2. The van der Waals surface area contributed by atoms with E-state index in [0.717, 1.165) is 0 Å². The van der Waals surface area contributed by atoms with Crippen molar-refractivity contribution in [1.29, 1.82) is 0 Å². The molecule has 1 fully saturated rings. The van der Waals surface area contributed by atoms with E-state index in [4.69, 9.17) is 9.84 Å². The van der Waals surface area contributed by atoms with Crippen molar-refractivity contribution < 1.29 is 24.2 Å². The Morgan fingerprint density at radius 3 is 2.61 bits per heavy atom. The first-order chi connectivity index (χ1) is 8.39. The van der Waals surface area contributed by atoms with Crippen molar-refractivity contribution in [3.63, 3.8) is 0 Å². The van der Waals surface area contributed by atoms with E-state index >= 15 is 0 Å². The number of carboxylic acid groups (broad SMARTS) is 1. The van der Waals surface area contributed by atoms with Gasteiger partial charge in [-0.25, -0.2) is 4.79 Å². The summed E-state index contributed by atoms with van der Waals surface area (Å²) in [6, 6.07) is 0. The Morgan fingerprint density at radius 2 is 2.06 bits per heavy atom. The van der Waals surface area contributed by atoms with Gasteiger partial charge in [0.25, 0.3) is 0 Å². The number of carbonyl (C=O) groups excluding carboxylic acids is 2. The maximum absolute atomic E-state index is 11.7. The van der Waals surface area contributed by atoms with Crippen LogP contribution in [0.2, 0.25) is 0 Å². The number of hydrogen-bond acceptors (Lipinski definition) is 4. The van der Waals surface area contributed by atoms with E-state index < -0.39 is 18.0 Å². The second-order valence-corrected chi connectivity index (χ2v) is 4.59. The number of rotatable bonds is 5. The predicted molar refractivity (Wildman–Crippen MR) is 61.8 cm³/mol. The topological polar surface area (TPSA) is 95.9 Å².